The topological polar surface area (TPSA) is 98.9 Å². The van der Waals surface area contributed by atoms with Gasteiger partial charge in [-0.25, -0.2) is 4.79 Å². The normalized spacial score (nSPS) is 12.8. The Morgan fingerprint density at radius 1 is 1.17 bits per heavy atom. The van der Waals surface area contributed by atoms with E-state index in [1.807, 2.05) is 18.2 Å². The number of thioether (sulfide) groups is 1. The van der Waals surface area contributed by atoms with E-state index < -0.39 is 11.9 Å². The van der Waals surface area contributed by atoms with Crippen molar-refractivity contribution >= 4 is 35.2 Å². The molecule has 0 unspecified atom stereocenters. The lowest BCUT2D eigenvalue weighted by atomic mass is 10.0. The van der Waals surface area contributed by atoms with Crippen molar-refractivity contribution in [3.8, 4) is 5.75 Å². The van der Waals surface area contributed by atoms with Crippen LogP contribution < -0.4 is 15.4 Å². The second kappa shape index (κ2) is 9.47. The first-order valence-corrected chi connectivity index (χ1v) is 10.1. The molecule has 0 aliphatic carbocycles. The van der Waals surface area contributed by atoms with Crippen molar-refractivity contribution in [2.24, 2.45) is 5.73 Å². The van der Waals surface area contributed by atoms with Gasteiger partial charge in [0.15, 0.2) is 6.61 Å². The molecule has 1 aliphatic heterocycles. The summed E-state index contributed by atoms with van der Waals surface area (Å²) in [5, 5.41) is 0. The molecule has 2 aromatic rings. The largest absolute Gasteiger partial charge is 0.497 e. The number of primary amides is 1. The molecule has 8 heteroatoms. The molecule has 2 aromatic carbocycles. The highest BCUT2D eigenvalue weighted by atomic mass is 32.2. The monoisotopic (exact) mass is 414 g/mol. The minimum Gasteiger partial charge on any atom is -0.497 e. The molecule has 0 spiro atoms. The number of esters is 1. The number of carbonyl (C=O) groups is 3. The number of nitrogens with zero attached hydrogens (tertiary/aromatic N) is 1. The second-order valence-corrected chi connectivity index (χ2v) is 7.49. The zero-order valence-corrected chi connectivity index (χ0v) is 16.9. The van der Waals surface area contributed by atoms with Crippen molar-refractivity contribution in [3.63, 3.8) is 0 Å². The van der Waals surface area contributed by atoms with Gasteiger partial charge in [-0.15, -0.1) is 11.8 Å². The molecule has 0 bridgehead atoms. The fourth-order valence-electron chi connectivity index (χ4n) is 3.15. The number of carbonyl (C=O) groups excluding carboxylic acids is 3. The fourth-order valence-corrected chi connectivity index (χ4v) is 3.93. The maximum absolute atomic E-state index is 12.7. The van der Waals surface area contributed by atoms with Gasteiger partial charge in [-0.05, 0) is 48.7 Å². The first kappa shape index (κ1) is 20.7. The second-order valence-electron chi connectivity index (χ2n) is 6.47. The molecule has 1 aliphatic rings. The molecule has 2 amide bonds. The number of rotatable bonds is 7. The van der Waals surface area contributed by atoms with Crippen molar-refractivity contribution in [3.05, 3.63) is 53.6 Å². The summed E-state index contributed by atoms with van der Waals surface area (Å²) in [5.41, 5.74) is 7.32. The van der Waals surface area contributed by atoms with E-state index in [9.17, 15) is 14.4 Å². The number of aryl methyl sites for hydroxylation is 1. The molecule has 2 N–H and O–H groups in total. The predicted molar refractivity (Wildman–Crippen MR) is 110 cm³/mol. The average Bonchev–Trinajstić information content (AvgIpc) is 2.75. The van der Waals surface area contributed by atoms with Gasteiger partial charge in [0, 0.05) is 17.1 Å². The molecule has 152 valence electrons. The fraction of sp³-hybridized carbons (Fsp3) is 0.286. The summed E-state index contributed by atoms with van der Waals surface area (Å²) in [6.45, 7) is 0.208. The van der Waals surface area contributed by atoms with Gasteiger partial charge in [-0.3, -0.25) is 9.59 Å². The number of anilines is 1. The van der Waals surface area contributed by atoms with Gasteiger partial charge < -0.3 is 20.1 Å². The Morgan fingerprint density at radius 2 is 1.97 bits per heavy atom. The van der Waals surface area contributed by atoms with Crippen LogP contribution in [0.1, 0.15) is 22.3 Å². The van der Waals surface area contributed by atoms with E-state index in [1.165, 1.54) is 0 Å². The zero-order valence-electron chi connectivity index (χ0n) is 16.1. The van der Waals surface area contributed by atoms with Gasteiger partial charge in [0.2, 0.25) is 5.91 Å². The Kier molecular flexibility index (Phi) is 6.77. The Hall–Kier alpha value is -3.00. The molecule has 3 rings (SSSR count). The van der Waals surface area contributed by atoms with Gasteiger partial charge in [0.25, 0.3) is 5.91 Å². The number of fused-ring (bicyclic) bond motifs is 1. The van der Waals surface area contributed by atoms with E-state index in [2.05, 4.69) is 0 Å². The van der Waals surface area contributed by atoms with Crippen LogP contribution in [0.2, 0.25) is 0 Å². The summed E-state index contributed by atoms with van der Waals surface area (Å²) in [5.74, 6) is -0.579. The zero-order chi connectivity index (χ0) is 20.8. The van der Waals surface area contributed by atoms with Crippen LogP contribution in [0, 0.1) is 0 Å². The predicted octanol–water partition coefficient (Wildman–Crippen LogP) is 2.41. The molecule has 0 atom stereocenters. The van der Waals surface area contributed by atoms with E-state index in [0.29, 0.717) is 17.0 Å². The molecular weight excluding hydrogens is 392 g/mol. The molecule has 0 saturated carbocycles. The third-order valence-electron chi connectivity index (χ3n) is 4.51. The minimum atomic E-state index is -0.613. The number of hydrogen-bond acceptors (Lipinski definition) is 6. The molecule has 1 heterocycles. The van der Waals surface area contributed by atoms with Crippen LogP contribution in [0.3, 0.4) is 0 Å². The van der Waals surface area contributed by atoms with E-state index in [1.54, 1.807) is 36.3 Å². The van der Waals surface area contributed by atoms with Gasteiger partial charge in [-0.2, -0.15) is 0 Å². The summed E-state index contributed by atoms with van der Waals surface area (Å²) in [4.78, 5) is 38.4. The summed E-state index contributed by atoms with van der Waals surface area (Å²) >= 11 is 1.16. The molecule has 29 heavy (non-hydrogen) atoms. The number of benzene rings is 2. The standard InChI is InChI=1S/C21H22N2O5S/c1-27-15-8-9-17-14(11-15)5-4-10-23(17)20(25)12-28-21(26)16-6-2-3-7-18(16)29-13-19(22)24/h2-3,6-9,11H,4-5,10,12-13H2,1H3,(H2,22,24). The van der Waals surface area contributed by atoms with Crippen molar-refractivity contribution in [1.82, 2.24) is 0 Å². The Labute approximate surface area is 173 Å². The molecule has 7 nitrogen and oxygen atoms in total. The number of ether oxygens (including phenoxy) is 2. The van der Waals surface area contributed by atoms with Gasteiger partial charge in [-0.1, -0.05) is 12.1 Å². The van der Waals surface area contributed by atoms with Crippen molar-refractivity contribution in [2.75, 3.05) is 30.9 Å². The Balaban J connectivity index is 1.66. The Morgan fingerprint density at radius 3 is 2.72 bits per heavy atom. The van der Waals surface area contributed by atoms with E-state index in [-0.39, 0.29) is 18.3 Å². The summed E-state index contributed by atoms with van der Waals surface area (Å²) < 4.78 is 10.5. The van der Waals surface area contributed by atoms with Crippen molar-refractivity contribution in [1.29, 1.82) is 0 Å². The lowest BCUT2D eigenvalue weighted by Gasteiger charge is -2.29. The van der Waals surface area contributed by atoms with E-state index >= 15 is 0 Å². The van der Waals surface area contributed by atoms with Crippen LogP contribution in [-0.2, 0) is 20.7 Å². The maximum atomic E-state index is 12.7. The van der Waals surface area contributed by atoms with Crippen LogP contribution >= 0.6 is 11.8 Å². The third-order valence-corrected chi connectivity index (χ3v) is 5.61. The third kappa shape index (κ3) is 5.08. The van der Waals surface area contributed by atoms with Crippen LogP contribution in [0.4, 0.5) is 5.69 Å². The maximum Gasteiger partial charge on any atom is 0.339 e. The summed E-state index contributed by atoms with van der Waals surface area (Å²) in [6.07, 6.45) is 1.69. The van der Waals surface area contributed by atoms with Gasteiger partial charge >= 0.3 is 5.97 Å². The first-order valence-electron chi connectivity index (χ1n) is 9.14. The highest BCUT2D eigenvalue weighted by molar-refractivity contribution is 8.00. The van der Waals surface area contributed by atoms with Crippen LogP contribution in [-0.4, -0.2) is 43.8 Å². The summed E-state index contributed by atoms with van der Waals surface area (Å²) in [7, 11) is 1.60. The smallest absolute Gasteiger partial charge is 0.339 e. The van der Waals surface area contributed by atoms with Crippen LogP contribution in [0.25, 0.3) is 0 Å². The van der Waals surface area contributed by atoms with Crippen LogP contribution in [0.5, 0.6) is 5.75 Å². The highest BCUT2D eigenvalue weighted by Crippen LogP contribution is 2.30. The Bertz CT molecular complexity index is 931. The lowest BCUT2D eigenvalue weighted by Crippen LogP contribution is -2.38. The van der Waals surface area contributed by atoms with Crippen molar-refractivity contribution < 1.29 is 23.9 Å². The quantitative estimate of drug-likeness (QED) is 0.552. The number of nitrogens with two attached hydrogens (primary N) is 1. The summed E-state index contributed by atoms with van der Waals surface area (Å²) in [6, 6.07) is 12.3. The van der Waals surface area contributed by atoms with E-state index in [0.717, 1.165) is 41.6 Å². The van der Waals surface area contributed by atoms with E-state index in [4.69, 9.17) is 15.2 Å². The lowest BCUT2D eigenvalue weighted by molar-refractivity contribution is -0.121. The molecule has 0 saturated heterocycles. The van der Waals surface area contributed by atoms with Gasteiger partial charge in [0.05, 0.1) is 18.4 Å². The molecular formula is C21H22N2O5S. The molecule has 0 fully saturated rings. The minimum absolute atomic E-state index is 0.0528. The van der Waals surface area contributed by atoms with Crippen molar-refractivity contribution in [2.45, 2.75) is 17.7 Å². The highest BCUT2D eigenvalue weighted by Gasteiger charge is 2.24. The number of methoxy groups -OCH3 is 1. The molecule has 0 aromatic heterocycles. The SMILES string of the molecule is COc1ccc2c(c1)CCCN2C(=O)COC(=O)c1ccccc1SCC(N)=O. The number of hydrogen-bond donors (Lipinski definition) is 1. The average molecular weight is 414 g/mol. The van der Waals surface area contributed by atoms with Gasteiger partial charge in [0.1, 0.15) is 5.75 Å². The first-order chi connectivity index (χ1) is 14.0. The number of amides is 2. The van der Waals surface area contributed by atoms with Crippen LogP contribution in [0.15, 0.2) is 47.4 Å². The molecule has 0 radical (unpaired) electrons.